The fraction of sp³-hybridized carbons (Fsp3) is 0.393. The summed E-state index contributed by atoms with van der Waals surface area (Å²) in [7, 11) is 0. The summed E-state index contributed by atoms with van der Waals surface area (Å²) in [6.07, 6.45) is 3.57. The highest BCUT2D eigenvalue weighted by molar-refractivity contribution is 6.06. The van der Waals surface area contributed by atoms with E-state index in [2.05, 4.69) is 26.1 Å². The molecule has 1 heterocycles. The van der Waals surface area contributed by atoms with E-state index < -0.39 is 23.4 Å². The molecular formula is C28H31N3O5. The zero-order valence-corrected chi connectivity index (χ0v) is 21.1. The molecule has 8 heteroatoms. The second-order valence-corrected chi connectivity index (χ2v) is 10.0. The summed E-state index contributed by atoms with van der Waals surface area (Å²) in [5.74, 6) is -0.723. The van der Waals surface area contributed by atoms with Crippen molar-refractivity contribution in [1.82, 2.24) is 4.98 Å². The van der Waals surface area contributed by atoms with Gasteiger partial charge in [0.05, 0.1) is 27.3 Å². The minimum atomic E-state index is -0.566. The molecular weight excluding hydrogens is 458 g/mol. The lowest BCUT2D eigenvalue weighted by Gasteiger charge is -2.37. The van der Waals surface area contributed by atoms with Gasteiger partial charge in [-0.1, -0.05) is 51.5 Å². The summed E-state index contributed by atoms with van der Waals surface area (Å²) < 4.78 is 5.49. The molecule has 0 fully saturated rings. The SMILES string of the molecule is CCC(C)(C)C1CCc2nc3ccccc3c(C(=O)OCC(=O)Nc3cccc([N+](=O)[O-])c3C)c2C1. The predicted octanol–water partition coefficient (Wildman–Crippen LogP) is 5.79. The minimum Gasteiger partial charge on any atom is -0.452 e. The standard InChI is InChI=1S/C28H31N3O5/c1-5-28(3,4)18-13-14-23-20(15-18)26(19-9-6-7-10-22(19)29-23)27(33)36-16-25(32)30-21-11-8-12-24(17(21)2)31(34)35/h6-12,18H,5,13-16H2,1-4H3,(H,30,32). The number of para-hydroxylation sites is 1. The van der Waals surface area contributed by atoms with Crippen LogP contribution in [0.4, 0.5) is 11.4 Å². The van der Waals surface area contributed by atoms with Crippen molar-refractivity contribution < 1.29 is 19.2 Å². The molecule has 0 saturated carbocycles. The van der Waals surface area contributed by atoms with Gasteiger partial charge in [0.15, 0.2) is 6.61 Å². The van der Waals surface area contributed by atoms with Gasteiger partial charge in [0.2, 0.25) is 0 Å². The van der Waals surface area contributed by atoms with Crippen LogP contribution in [0.2, 0.25) is 0 Å². The van der Waals surface area contributed by atoms with Crippen molar-refractivity contribution in [3.05, 3.63) is 75.0 Å². The van der Waals surface area contributed by atoms with Gasteiger partial charge in [0.25, 0.3) is 11.6 Å². The Kier molecular flexibility index (Phi) is 7.06. The van der Waals surface area contributed by atoms with Gasteiger partial charge in [-0.05, 0) is 55.2 Å². The Hall–Kier alpha value is -3.81. The number of pyridine rings is 1. The molecule has 1 unspecified atom stereocenters. The van der Waals surface area contributed by atoms with Crippen LogP contribution in [-0.4, -0.2) is 28.4 Å². The van der Waals surface area contributed by atoms with Crippen LogP contribution in [0.15, 0.2) is 42.5 Å². The average molecular weight is 490 g/mol. The number of nitrogens with one attached hydrogen (secondary N) is 1. The smallest absolute Gasteiger partial charge is 0.339 e. The Bertz CT molecular complexity index is 1350. The van der Waals surface area contributed by atoms with E-state index in [0.29, 0.717) is 28.1 Å². The summed E-state index contributed by atoms with van der Waals surface area (Å²) in [5, 5.41) is 14.5. The first-order valence-corrected chi connectivity index (χ1v) is 12.2. The maximum Gasteiger partial charge on any atom is 0.339 e. The molecule has 3 aromatic rings. The molecule has 1 amide bonds. The fourth-order valence-electron chi connectivity index (χ4n) is 4.92. The molecule has 36 heavy (non-hydrogen) atoms. The van der Waals surface area contributed by atoms with Crippen molar-refractivity contribution in [3.63, 3.8) is 0 Å². The third kappa shape index (κ3) is 4.94. The summed E-state index contributed by atoms with van der Waals surface area (Å²) >= 11 is 0. The van der Waals surface area contributed by atoms with Crippen molar-refractivity contribution in [2.75, 3.05) is 11.9 Å². The van der Waals surface area contributed by atoms with Gasteiger partial charge < -0.3 is 10.1 Å². The van der Waals surface area contributed by atoms with Crippen LogP contribution in [0.1, 0.15) is 60.8 Å². The van der Waals surface area contributed by atoms with Gasteiger partial charge in [-0.3, -0.25) is 19.9 Å². The number of nitro groups is 1. The fourth-order valence-corrected chi connectivity index (χ4v) is 4.92. The lowest BCUT2D eigenvalue weighted by atomic mass is 9.68. The van der Waals surface area contributed by atoms with Crippen molar-refractivity contribution in [2.24, 2.45) is 11.3 Å². The Balaban J connectivity index is 1.59. The molecule has 188 valence electrons. The Morgan fingerprint density at radius 2 is 1.94 bits per heavy atom. The lowest BCUT2D eigenvalue weighted by molar-refractivity contribution is -0.385. The van der Waals surface area contributed by atoms with Crippen molar-refractivity contribution in [2.45, 2.75) is 53.4 Å². The number of rotatable bonds is 7. The zero-order valence-electron chi connectivity index (χ0n) is 21.1. The lowest BCUT2D eigenvalue weighted by Crippen LogP contribution is -2.31. The molecule has 1 aromatic heterocycles. The van der Waals surface area contributed by atoms with E-state index in [1.54, 1.807) is 13.0 Å². The van der Waals surface area contributed by atoms with Crippen molar-refractivity contribution >= 4 is 34.2 Å². The number of carbonyl (C=O) groups is 2. The van der Waals surface area contributed by atoms with Gasteiger partial charge in [-0.25, -0.2) is 4.79 Å². The third-order valence-electron chi connectivity index (χ3n) is 7.59. The molecule has 0 bridgehead atoms. The van der Waals surface area contributed by atoms with Crippen LogP contribution in [0.25, 0.3) is 10.9 Å². The molecule has 4 rings (SSSR count). The number of carbonyl (C=O) groups excluding carboxylic acids is 2. The number of amides is 1. The van der Waals surface area contributed by atoms with E-state index in [1.807, 2.05) is 24.3 Å². The third-order valence-corrected chi connectivity index (χ3v) is 7.59. The number of hydrogen-bond acceptors (Lipinski definition) is 6. The molecule has 1 atom stereocenters. The van der Waals surface area contributed by atoms with Gasteiger partial charge >= 0.3 is 5.97 Å². The van der Waals surface area contributed by atoms with E-state index in [1.165, 1.54) is 12.1 Å². The number of esters is 1. The number of benzene rings is 2. The van der Waals surface area contributed by atoms with E-state index in [4.69, 9.17) is 9.72 Å². The number of aryl methyl sites for hydroxylation is 1. The number of ether oxygens (including phenoxy) is 1. The van der Waals surface area contributed by atoms with Crippen LogP contribution >= 0.6 is 0 Å². The van der Waals surface area contributed by atoms with Crippen LogP contribution in [0.3, 0.4) is 0 Å². The van der Waals surface area contributed by atoms with Gasteiger partial charge in [0, 0.05) is 17.1 Å². The number of hydrogen-bond donors (Lipinski definition) is 1. The van der Waals surface area contributed by atoms with Crippen molar-refractivity contribution in [1.29, 1.82) is 0 Å². The minimum absolute atomic E-state index is 0.0933. The van der Waals surface area contributed by atoms with Crippen LogP contribution in [0.5, 0.6) is 0 Å². The van der Waals surface area contributed by atoms with Crippen molar-refractivity contribution in [3.8, 4) is 0 Å². The normalized spacial score (nSPS) is 15.3. The maximum absolute atomic E-state index is 13.4. The number of fused-ring (bicyclic) bond motifs is 2. The van der Waals surface area contributed by atoms with Gasteiger partial charge in [-0.15, -0.1) is 0 Å². The molecule has 0 radical (unpaired) electrons. The Labute approximate surface area is 210 Å². The highest BCUT2D eigenvalue weighted by atomic mass is 16.6. The number of nitrogens with zero attached hydrogens (tertiary/aromatic N) is 2. The predicted molar refractivity (Wildman–Crippen MR) is 138 cm³/mol. The first-order valence-electron chi connectivity index (χ1n) is 12.2. The Morgan fingerprint density at radius 1 is 1.19 bits per heavy atom. The summed E-state index contributed by atoms with van der Waals surface area (Å²) in [6.45, 7) is 7.76. The van der Waals surface area contributed by atoms with Crippen LogP contribution < -0.4 is 5.32 Å². The van der Waals surface area contributed by atoms with Crippen LogP contribution in [0, 0.1) is 28.4 Å². The number of aromatic nitrogens is 1. The zero-order chi connectivity index (χ0) is 26.0. The average Bonchev–Trinajstić information content (AvgIpc) is 2.86. The molecule has 2 aromatic carbocycles. The largest absolute Gasteiger partial charge is 0.452 e. The summed E-state index contributed by atoms with van der Waals surface area (Å²) in [4.78, 5) is 41.5. The Morgan fingerprint density at radius 3 is 2.67 bits per heavy atom. The van der Waals surface area contributed by atoms with Gasteiger partial charge in [0.1, 0.15) is 0 Å². The quantitative estimate of drug-likeness (QED) is 0.255. The monoisotopic (exact) mass is 489 g/mol. The van der Waals surface area contributed by atoms with E-state index in [0.717, 1.165) is 42.5 Å². The first-order chi connectivity index (χ1) is 17.1. The number of anilines is 1. The topological polar surface area (TPSA) is 111 Å². The highest BCUT2D eigenvalue weighted by Gasteiger charge is 2.34. The first kappa shape index (κ1) is 25.3. The highest BCUT2D eigenvalue weighted by Crippen LogP contribution is 2.41. The second kappa shape index (κ2) is 10.0. The molecule has 8 nitrogen and oxygen atoms in total. The molecule has 1 aliphatic rings. The molecule has 1 N–H and O–H groups in total. The van der Waals surface area contributed by atoms with E-state index >= 15 is 0 Å². The van der Waals surface area contributed by atoms with Gasteiger partial charge in [-0.2, -0.15) is 0 Å². The molecule has 0 spiro atoms. The van der Waals surface area contributed by atoms with E-state index in [-0.39, 0.29) is 11.1 Å². The maximum atomic E-state index is 13.4. The van der Waals surface area contributed by atoms with Crippen LogP contribution in [-0.2, 0) is 22.4 Å². The summed E-state index contributed by atoms with van der Waals surface area (Å²) in [6, 6.07) is 11.9. The molecule has 0 aliphatic heterocycles. The molecule has 1 aliphatic carbocycles. The van der Waals surface area contributed by atoms with E-state index in [9.17, 15) is 19.7 Å². The molecule has 0 saturated heterocycles. The second-order valence-electron chi connectivity index (χ2n) is 10.0. The number of nitro benzene ring substituents is 1. The summed E-state index contributed by atoms with van der Waals surface area (Å²) in [5.41, 5.74) is 3.71.